The monoisotopic (exact) mass is 1140 g/mol. The fourth-order valence-corrected chi connectivity index (χ4v) is 14.7. The average Bonchev–Trinajstić information content (AvgIpc) is 1.48. The first-order valence-electron chi connectivity index (χ1n) is 31.2. The zero-order chi connectivity index (χ0) is 59.5. The van der Waals surface area contributed by atoms with Crippen LogP contribution in [-0.4, -0.2) is 22.6 Å². The van der Waals surface area contributed by atoms with E-state index in [0.717, 1.165) is 11.4 Å². The third-order valence-electron chi connectivity index (χ3n) is 18.5. The van der Waals surface area contributed by atoms with E-state index in [1.165, 1.54) is 133 Å². The number of aromatic nitrogens is 2. The van der Waals surface area contributed by atoms with Crippen molar-refractivity contribution < 1.29 is 0 Å². The van der Waals surface area contributed by atoms with Crippen molar-refractivity contribution >= 4 is 124 Å². The Morgan fingerprint density at radius 1 is 0.200 bits per heavy atom. The Morgan fingerprint density at radius 3 is 0.878 bits per heavy atom. The maximum Gasteiger partial charge on any atom is 0.248 e. The minimum absolute atomic E-state index is 0.0251. The summed E-state index contributed by atoms with van der Waals surface area (Å²) in [6, 6.07) is 128. The van der Waals surface area contributed by atoms with Crippen LogP contribution >= 0.6 is 0 Å². The zero-order valence-electron chi connectivity index (χ0n) is 49.4. The van der Waals surface area contributed by atoms with Gasteiger partial charge in [-0.3, -0.25) is 0 Å². The van der Waals surface area contributed by atoms with Crippen LogP contribution < -0.4 is 42.6 Å². The molecule has 0 unspecified atom stereocenters. The summed E-state index contributed by atoms with van der Waals surface area (Å²) in [7, 11) is 0. The quantitative estimate of drug-likeness (QED) is 0.141. The second-order valence-electron chi connectivity index (χ2n) is 23.5. The Hall–Kier alpha value is -11.6. The zero-order valence-corrected chi connectivity index (χ0v) is 49.4. The first-order chi connectivity index (χ1) is 44.7. The molecule has 0 bridgehead atoms. The molecule has 0 saturated heterocycles. The second kappa shape index (κ2) is 22.3. The molecule has 6 heteroatoms. The molecule has 14 aromatic carbocycles. The van der Waals surface area contributed by atoms with Gasteiger partial charge in [0, 0.05) is 67.0 Å². The molecule has 90 heavy (non-hydrogen) atoms. The number of rotatable bonds is 8. The van der Waals surface area contributed by atoms with Crippen molar-refractivity contribution in [2.45, 2.75) is 0 Å². The van der Waals surface area contributed by atoms with Crippen LogP contribution in [0.3, 0.4) is 0 Å². The highest BCUT2D eigenvalue weighted by molar-refractivity contribution is 6.99. The summed E-state index contributed by atoms with van der Waals surface area (Å²) in [6.45, 7) is 0.182. The van der Waals surface area contributed by atoms with Gasteiger partial charge in [-0.15, -0.1) is 0 Å². The summed E-state index contributed by atoms with van der Waals surface area (Å²) in [6.07, 6.45) is 0. The van der Waals surface area contributed by atoms with E-state index >= 15 is 0 Å². The summed E-state index contributed by atoms with van der Waals surface area (Å²) >= 11 is 0. The van der Waals surface area contributed by atoms with E-state index in [0.29, 0.717) is 0 Å². The van der Waals surface area contributed by atoms with Crippen LogP contribution in [0.5, 0.6) is 0 Å². The van der Waals surface area contributed by atoms with Crippen molar-refractivity contribution in [3.63, 3.8) is 0 Å². The summed E-state index contributed by atoms with van der Waals surface area (Å²) < 4.78 is 4.77. The number of nitrogens with zero attached hydrogens (tertiary/aromatic N) is 4. The highest BCUT2D eigenvalue weighted by Crippen LogP contribution is 2.41. The van der Waals surface area contributed by atoms with E-state index in [1.54, 1.807) is 0 Å². The minimum Gasteiger partial charge on any atom is -0.312 e. The molecule has 0 amide bonds. The van der Waals surface area contributed by atoms with Crippen LogP contribution in [0.1, 0.15) is 0 Å². The largest absolute Gasteiger partial charge is 0.312 e. The Morgan fingerprint density at radius 2 is 0.489 bits per heavy atom. The Balaban J connectivity index is 0.000000144. The number of anilines is 6. The van der Waals surface area contributed by atoms with E-state index in [4.69, 9.17) is 0 Å². The van der Waals surface area contributed by atoms with E-state index in [2.05, 4.69) is 371 Å². The molecule has 0 N–H and O–H groups in total. The fourth-order valence-electron chi connectivity index (χ4n) is 14.7. The molecule has 4 heterocycles. The van der Waals surface area contributed by atoms with E-state index in [9.17, 15) is 0 Å². The number of para-hydroxylation sites is 9. The molecule has 0 atom stereocenters. The molecular weight excluding hydrogens is 1090 g/mol. The Labute approximate surface area is 525 Å². The second-order valence-corrected chi connectivity index (χ2v) is 23.5. The molecule has 2 aliphatic heterocycles. The van der Waals surface area contributed by atoms with E-state index in [1.807, 2.05) is 0 Å². The maximum absolute atomic E-state index is 2.45. The van der Waals surface area contributed by atoms with Gasteiger partial charge in [0.15, 0.2) is 0 Å². The van der Waals surface area contributed by atoms with Gasteiger partial charge in [-0.25, -0.2) is 0 Å². The topological polar surface area (TPSA) is 16.3 Å². The highest BCUT2D eigenvalue weighted by atomic mass is 15.2. The van der Waals surface area contributed by atoms with Gasteiger partial charge >= 0.3 is 0 Å². The molecule has 0 fully saturated rings. The lowest BCUT2D eigenvalue weighted by atomic mass is 9.33. The molecule has 0 aliphatic carbocycles. The molecule has 18 rings (SSSR count). The Kier molecular flexibility index (Phi) is 13.1. The minimum atomic E-state index is 0.0251. The van der Waals surface area contributed by atoms with Crippen LogP contribution in [0.25, 0.3) is 77.2 Å². The number of hydrogen-bond donors (Lipinski definition) is 0. The lowest BCUT2D eigenvalue weighted by molar-refractivity contribution is 1.17. The van der Waals surface area contributed by atoms with Crippen LogP contribution in [0.2, 0.25) is 0 Å². The molecule has 420 valence electrons. The van der Waals surface area contributed by atoms with E-state index < -0.39 is 0 Å². The molecular formula is C84H58B2N4. The summed E-state index contributed by atoms with van der Waals surface area (Å²) in [5, 5.41) is 5.11. The van der Waals surface area contributed by atoms with Crippen molar-refractivity contribution in [1.29, 1.82) is 0 Å². The van der Waals surface area contributed by atoms with Crippen molar-refractivity contribution in [2.75, 3.05) is 9.80 Å². The van der Waals surface area contributed by atoms with Crippen LogP contribution in [0.15, 0.2) is 352 Å². The van der Waals surface area contributed by atoms with Gasteiger partial charge in [-0.05, 0) is 141 Å². The fraction of sp³-hybridized carbons (Fsp3) is 0. The van der Waals surface area contributed by atoms with E-state index in [-0.39, 0.29) is 13.4 Å². The van der Waals surface area contributed by atoms with Gasteiger partial charge in [0.05, 0.1) is 22.1 Å². The van der Waals surface area contributed by atoms with Gasteiger partial charge in [0.1, 0.15) is 0 Å². The number of fused-ring (bicyclic) bond motifs is 10. The van der Waals surface area contributed by atoms with Gasteiger partial charge < -0.3 is 18.9 Å². The van der Waals surface area contributed by atoms with Crippen LogP contribution in [0, 0.1) is 0 Å². The highest BCUT2D eigenvalue weighted by Gasteiger charge is 2.38. The summed E-state index contributed by atoms with van der Waals surface area (Å²) in [5.41, 5.74) is 27.3. The molecule has 4 nitrogen and oxygen atoms in total. The van der Waals surface area contributed by atoms with Crippen molar-refractivity contribution in [2.24, 2.45) is 0 Å². The van der Waals surface area contributed by atoms with Crippen molar-refractivity contribution in [3.8, 4) is 33.6 Å². The predicted molar refractivity (Wildman–Crippen MR) is 384 cm³/mol. The normalized spacial score (nSPS) is 12.4. The average molecular weight is 1150 g/mol. The third-order valence-corrected chi connectivity index (χ3v) is 18.5. The van der Waals surface area contributed by atoms with Gasteiger partial charge in [-0.1, -0.05) is 266 Å². The van der Waals surface area contributed by atoms with Crippen LogP contribution in [-0.2, 0) is 0 Å². The lowest BCUT2D eigenvalue weighted by Crippen LogP contribution is -2.58. The smallest absolute Gasteiger partial charge is 0.248 e. The molecule has 0 saturated carbocycles. The van der Waals surface area contributed by atoms with Crippen molar-refractivity contribution in [1.82, 2.24) is 9.13 Å². The first kappa shape index (κ1) is 52.7. The molecule has 2 aromatic heterocycles. The number of hydrogen-bond acceptors (Lipinski definition) is 2. The van der Waals surface area contributed by atoms with Crippen LogP contribution in [0.4, 0.5) is 34.1 Å². The summed E-state index contributed by atoms with van der Waals surface area (Å²) in [5.74, 6) is 0. The molecule has 0 radical (unpaired) electrons. The summed E-state index contributed by atoms with van der Waals surface area (Å²) in [4.78, 5) is 4.85. The maximum atomic E-state index is 2.45. The predicted octanol–water partition coefficient (Wildman–Crippen LogP) is 17.5. The van der Waals surface area contributed by atoms with Crippen molar-refractivity contribution in [3.05, 3.63) is 352 Å². The molecule has 16 aromatic rings. The Bertz CT molecular complexity index is 5070. The molecule has 0 spiro atoms. The first-order valence-corrected chi connectivity index (χ1v) is 31.2. The standard InChI is InChI=1S/C48H33BN2.C36H25BN2/c1-3-16-34(17-4-1)38-22-15-23-39(35-18-5-2-6-19-35)48(38)49-42-24-9-13-28-46(42)51(47-29-14-10-25-43(47)49)37-32-30-36(31-33-37)50-44-26-11-7-20-40(44)41-21-8-12-27-45(41)50;1-2-12-27(13-3-1)39-35-20-10-6-16-31(35)37(32-17-7-11-21-36(32)39)26-22-24-28(25-23-26)38-33-18-8-4-14-29(33)30-15-5-9-19-34(30)38/h1-33H;1-25H. The van der Waals surface area contributed by atoms with Gasteiger partial charge in [0.2, 0.25) is 13.4 Å². The SMILES string of the molecule is c1ccc(-c2cccc(-c3ccccc3)c2B2c3ccccc3N(c3ccc(-n4c5ccccc5c5ccccc54)cc3)c3ccccc32)cc1.c1ccc(N2c3ccccc3B(c3ccc(-n4c5ccccc5c5ccccc54)cc3)c3ccccc32)cc1. The third kappa shape index (κ3) is 8.78. The molecule has 2 aliphatic rings. The number of benzene rings is 14. The lowest BCUT2D eigenvalue weighted by Gasteiger charge is -2.38. The van der Waals surface area contributed by atoms with Gasteiger partial charge in [-0.2, -0.15) is 0 Å². The van der Waals surface area contributed by atoms with Gasteiger partial charge in [0.25, 0.3) is 0 Å².